The fourth-order valence-corrected chi connectivity index (χ4v) is 2.65. The molecule has 0 bridgehead atoms. The van der Waals surface area contributed by atoms with E-state index in [-0.39, 0.29) is 5.69 Å². The highest BCUT2D eigenvalue weighted by molar-refractivity contribution is 9.10. The lowest BCUT2D eigenvalue weighted by Crippen LogP contribution is -2.22. The number of aryl methyl sites for hydroxylation is 1. The van der Waals surface area contributed by atoms with E-state index >= 15 is 0 Å². The number of imidazole rings is 1. The summed E-state index contributed by atoms with van der Waals surface area (Å²) in [6.07, 6.45) is 3.51. The van der Waals surface area contributed by atoms with Crippen molar-refractivity contribution < 1.29 is 0 Å². The molecule has 96 valence electrons. The van der Waals surface area contributed by atoms with Crippen molar-refractivity contribution in [1.82, 2.24) is 14.1 Å². The van der Waals surface area contributed by atoms with Crippen LogP contribution in [0.2, 0.25) is 0 Å². The van der Waals surface area contributed by atoms with Gasteiger partial charge in [0.25, 0.3) is 0 Å². The van der Waals surface area contributed by atoms with Crippen LogP contribution in [0.15, 0.2) is 52.0 Å². The lowest BCUT2D eigenvalue weighted by molar-refractivity contribution is 0.733. The molecule has 0 saturated carbocycles. The third-order valence-electron chi connectivity index (χ3n) is 3.15. The largest absolute Gasteiger partial charge is 0.329 e. The van der Waals surface area contributed by atoms with Gasteiger partial charge in [0.05, 0.1) is 17.6 Å². The molecule has 0 atom stereocenters. The molecule has 0 radical (unpaired) electrons. The third kappa shape index (κ3) is 2.10. The summed E-state index contributed by atoms with van der Waals surface area (Å²) >= 11 is 3.39. The van der Waals surface area contributed by atoms with Crippen molar-refractivity contribution in [3.63, 3.8) is 0 Å². The highest BCUT2D eigenvalue weighted by atomic mass is 79.9. The predicted octanol–water partition coefficient (Wildman–Crippen LogP) is 2.55. The molecule has 0 spiro atoms. The Balaban J connectivity index is 2.16. The molecule has 0 amide bonds. The second-order valence-corrected chi connectivity index (χ2v) is 5.34. The number of pyridine rings is 1. The molecule has 2 aromatic heterocycles. The standard InChI is InChI=1S/C14H12BrN3O/c1-17-12-4-2-3-5-13(12)18(14(17)19)9-10-6-11(15)8-16-7-10/h2-8H,9H2,1H3. The summed E-state index contributed by atoms with van der Waals surface area (Å²) in [6, 6.07) is 9.76. The van der Waals surface area contributed by atoms with Crippen LogP contribution in [0.25, 0.3) is 11.0 Å². The van der Waals surface area contributed by atoms with Crippen LogP contribution in [0.3, 0.4) is 0 Å². The molecule has 0 aliphatic rings. The number of nitrogens with zero attached hydrogens (tertiary/aromatic N) is 3. The molecule has 2 heterocycles. The Morgan fingerprint density at radius 3 is 2.68 bits per heavy atom. The molecule has 4 nitrogen and oxygen atoms in total. The molecule has 0 aliphatic carbocycles. The van der Waals surface area contributed by atoms with Gasteiger partial charge in [-0.25, -0.2) is 4.79 Å². The number of benzene rings is 1. The van der Waals surface area contributed by atoms with E-state index in [2.05, 4.69) is 20.9 Å². The van der Waals surface area contributed by atoms with Crippen molar-refractivity contribution in [2.45, 2.75) is 6.54 Å². The number of para-hydroxylation sites is 2. The van der Waals surface area contributed by atoms with Gasteiger partial charge in [0.1, 0.15) is 0 Å². The van der Waals surface area contributed by atoms with E-state index in [1.165, 1.54) is 0 Å². The van der Waals surface area contributed by atoms with E-state index in [1.54, 1.807) is 28.6 Å². The second-order valence-electron chi connectivity index (χ2n) is 4.43. The summed E-state index contributed by atoms with van der Waals surface area (Å²) in [5, 5.41) is 0. The molecule has 1 aromatic carbocycles. The van der Waals surface area contributed by atoms with E-state index in [0.717, 1.165) is 21.1 Å². The van der Waals surface area contributed by atoms with Crippen LogP contribution in [0.5, 0.6) is 0 Å². The second kappa shape index (κ2) is 4.66. The van der Waals surface area contributed by atoms with Gasteiger partial charge in [-0.05, 0) is 39.7 Å². The van der Waals surface area contributed by atoms with Crippen LogP contribution in [0.1, 0.15) is 5.56 Å². The zero-order valence-corrected chi connectivity index (χ0v) is 12.0. The van der Waals surface area contributed by atoms with Crippen molar-refractivity contribution in [3.05, 3.63) is 63.2 Å². The van der Waals surface area contributed by atoms with Crippen LogP contribution in [0, 0.1) is 0 Å². The molecule has 5 heteroatoms. The predicted molar refractivity (Wildman–Crippen MR) is 78.2 cm³/mol. The van der Waals surface area contributed by atoms with Gasteiger partial charge in [-0.3, -0.25) is 14.1 Å². The maximum Gasteiger partial charge on any atom is 0.329 e. The Hall–Kier alpha value is -1.88. The van der Waals surface area contributed by atoms with Crippen molar-refractivity contribution in [2.24, 2.45) is 7.05 Å². The minimum absolute atomic E-state index is 0.0128. The summed E-state index contributed by atoms with van der Waals surface area (Å²) in [5.74, 6) is 0. The minimum atomic E-state index is -0.0128. The third-order valence-corrected chi connectivity index (χ3v) is 3.59. The minimum Gasteiger partial charge on any atom is -0.295 e. The molecule has 0 aliphatic heterocycles. The number of fused-ring (bicyclic) bond motifs is 1. The van der Waals surface area contributed by atoms with Crippen molar-refractivity contribution >= 4 is 27.0 Å². The number of aromatic nitrogens is 3. The summed E-state index contributed by atoms with van der Waals surface area (Å²) in [4.78, 5) is 16.4. The maximum absolute atomic E-state index is 12.3. The lowest BCUT2D eigenvalue weighted by Gasteiger charge is -2.03. The maximum atomic E-state index is 12.3. The summed E-state index contributed by atoms with van der Waals surface area (Å²) in [5.41, 5.74) is 2.86. The van der Waals surface area contributed by atoms with Crippen LogP contribution < -0.4 is 5.69 Å². The van der Waals surface area contributed by atoms with Crippen molar-refractivity contribution in [2.75, 3.05) is 0 Å². The first-order valence-electron chi connectivity index (χ1n) is 5.90. The summed E-state index contributed by atoms with van der Waals surface area (Å²) in [6.45, 7) is 0.520. The average Bonchev–Trinajstić information content (AvgIpc) is 2.65. The fraction of sp³-hybridized carbons (Fsp3) is 0.143. The number of halogens is 1. The molecule has 0 unspecified atom stereocenters. The van der Waals surface area contributed by atoms with Crippen LogP contribution in [-0.4, -0.2) is 14.1 Å². The summed E-state index contributed by atoms with van der Waals surface area (Å²) in [7, 11) is 1.79. The van der Waals surface area contributed by atoms with Crippen LogP contribution in [0.4, 0.5) is 0 Å². The van der Waals surface area contributed by atoms with Gasteiger partial charge in [-0.15, -0.1) is 0 Å². The van der Waals surface area contributed by atoms with Crippen LogP contribution >= 0.6 is 15.9 Å². The first-order valence-corrected chi connectivity index (χ1v) is 6.70. The molecule has 3 aromatic rings. The summed E-state index contributed by atoms with van der Waals surface area (Å²) < 4.78 is 4.35. The van der Waals surface area contributed by atoms with Crippen molar-refractivity contribution in [3.8, 4) is 0 Å². The van der Waals surface area contributed by atoms with Gasteiger partial charge in [0, 0.05) is 23.9 Å². The van der Waals surface area contributed by atoms with Gasteiger partial charge in [0.2, 0.25) is 0 Å². The van der Waals surface area contributed by atoms with Crippen molar-refractivity contribution in [1.29, 1.82) is 0 Å². The van der Waals surface area contributed by atoms with E-state index in [4.69, 9.17) is 0 Å². The van der Waals surface area contributed by atoms with E-state index < -0.39 is 0 Å². The van der Waals surface area contributed by atoms with Gasteiger partial charge < -0.3 is 0 Å². The van der Waals surface area contributed by atoms with E-state index in [0.29, 0.717) is 6.54 Å². The fourth-order valence-electron chi connectivity index (χ4n) is 2.24. The Bertz CT molecular complexity index is 804. The van der Waals surface area contributed by atoms with Gasteiger partial charge >= 0.3 is 5.69 Å². The topological polar surface area (TPSA) is 39.8 Å². The highest BCUT2D eigenvalue weighted by Gasteiger charge is 2.10. The number of hydrogen-bond acceptors (Lipinski definition) is 2. The van der Waals surface area contributed by atoms with E-state index in [1.807, 2.05) is 30.3 Å². The first-order chi connectivity index (χ1) is 9.16. The zero-order chi connectivity index (χ0) is 13.4. The number of hydrogen-bond donors (Lipinski definition) is 0. The van der Waals surface area contributed by atoms with Gasteiger partial charge in [0.15, 0.2) is 0 Å². The van der Waals surface area contributed by atoms with Gasteiger partial charge in [-0.2, -0.15) is 0 Å². The molecule has 0 saturated heterocycles. The lowest BCUT2D eigenvalue weighted by atomic mass is 10.2. The Morgan fingerprint density at radius 2 is 1.95 bits per heavy atom. The van der Waals surface area contributed by atoms with E-state index in [9.17, 15) is 4.79 Å². The molecule has 19 heavy (non-hydrogen) atoms. The Labute approximate surface area is 118 Å². The molecule has 3 rings (SSSR count). The quantitative estimate of drug-likeness (QED) is 0.728. The first kappa shape index (κ1) is 12.2. The SMILES string of the molecule is Cn1c(=O)n(Cc2cncc(Br)c2)c2ccccc21. The Morgan fingerprint density at radius 1 is 1.21 bits per heavy atom. The molecular formula is C14H12BrN3O. The smallest absolute Gasteiger partial charge is 0.295 e. The molecule has 0 N–H and O–H groups in total. The monoisotopic (exact) mass is 317 g/mol. The average molecular weight is 318 g/mol. The zero-order valence-electron chi connectivity index (χ0n) is 10.4. The normalized spacial score (nSPS) is 11.1. The Kier molecular flexibility index (Phi) is 2.98. The van der Waals surface area contributed by atoms with Gasteiger partial charge in [-0.1, -0.05) is 12.1 Å². The van der Waals surface area contributed by atoms with Crippen LogP contribution in [-0.2, 0) is 13.6 Å². The molecule has 0 fully saturated rings. The number of rotatable bonds is 2. The highest BCUT2D eigenvalue weighted by Crippen LogP contribution is 2.15. The molecular weight excluding hydrogens is 306 g/mol.